The van der Waals surface area contributed by atoms with Crippen molar-refractivity contribution in [3.05, 3.63) is 55.1 Å². The summed E-state index contributed by atoms with van der Waals surface area (Å²) in [5.41, 5.74) is 0.944. The normalized spacial score (nSPS) is 12.8. The summed E-state index contributed by atoms with van der Waals surface area (Å²) in [6.45, 7) is 2.07. The van der Waals surface area contributed by atoms with Crippen LogP contribution >= 0.6 is 50.5 Å². The van der Waals surface area contributed by atoms with Crippen LogP contribution in [-0.4, -0.2) is 0 Å². The molecule has 1 aromatic carbocycles. The smallest absolute Gasteiger partial charge is 0.0942 e. The molecule has 16 heavy (non-hydrogen) atoms. The van der Waals surface area contributed by atoms with E-state index in [9.17, 15) is 0 Å². The van der Waals surface area contributed by atoms with Gasteiger partial charge in [0, 0.05) is 19.2 Å². The Morgan fingerprint density at radius 1 is 1.25 bits per heavy atom. The Bertz CT molecular complexity index is 507. The van der Waals surface area contributed by atoms with Crippen LogP contribution in [-0.2, 0) is 0 Å². The molecule has 0 radical (unpaired) electrons. The molecule has 1 heterocycles. The van der Waals surface area contributed by atoms with Gasteiger partial charge in [0.1, 0.15) is 0 Å². The number of thiophene rings is 1. The van der Waals surface area contributed by atoms with E-state index in [2.05, 4.69) is 35.0 Å². The molecule has 2 aromatic rings. The van der Waals surface area contributed by atoms with Crippen molar-refractivity contribution < 1.29 is 0 Å². The Labute approximate surface area is 117 Å². The molecule has 0 bridgehead atoms. The predicted octanol–water partition coefficient (Wildman–Crippen LogP) is 5.80. The summed E-state index contributed by atoms with van der Waals surface area (Å²) in [7, 11) is 0. The largest absolute Gasteiger partial charge is 0.144 e. The Kier molecular flexibility index (Phi) is 3.96. The summed E-state index contributed by atoms with van der Waals surface area (Å²) in [6, 6.07) is 9.86. The van der Waals surface area contributed by atoms with Gasteiger partial charge in [-0.3, -0.25) is 0 Å². The fraction of sp³-hybridized carbons (Fsp3) is 0.167. The van der Waals surface area contributed by atoms with Crippen molar-refractivity contribution in [2.24, 2.45) is 0 Å². The van der Waals surface area contributed by atoms with E-state index in [0.29, 0.717) is 5.02 Å². The standard InChI is InChI=1S/C12H9BrCl2S/c1-7-2-5-11(16-7)12(15)9-6-8(13)3-4-10(9)14/h2-6,12H,1H3. The lowest BCUT2D eigenvalue weighted by Crippen LogP contribution is -1.91. The number of rotatable bonds is 2. The van der Waals surface area contributed by atoms with Gasteiger partial charge in [0.05, 0.1) is 5.38 Å². The highest BCUT2D eigenvalue weighted by molar-refractivity contribution is 9.10. The Balaban J connectivity index is 2.40. The van der Waals surface area contributed by atoms with Crippen LogP contribution in [0.15, 0.2) is 34.8 Å². The van der Waals surface area contributed by atoms with E-state index >= 15 is 0 Å². The molecule has 0 nitrogen and oxygen atoms in total. The second kappa shape index (κ2) is 5.09. The first kappa shape index (κ1) is 12.4. The maximum atomic E-state index is 6.43. The van der Waals surface area contributed by atoms with E-state index in [1.54, 1.807) is 11.3 Å². The van der Waals surface area contributed by atoms with Gasteiger partial charge in [-0.05, 0) is 42.8 Å². The number of hydrogen-bond donors (Lipinski definition) is 0. The monoisotopic (exact) mass is 334 g/mol. The van der Waals surface area contributed by atoms with Crippen LogP contribution in [0.5, 0.6) is 0 Å². The lowest BCUT2D eigenvalue weighted by Gasteiger charge is -2.10. The lowest BCUT2D eigenvalue weighted by atomic mass is 10.1. The van der Waals surface area contributed by atoms with Gasteiger partial charge in [-0.1, -0.05) is 27.5 Å². The quantitative estimate of drug-likeness (QED) is 0.608. The fourth-order valence-electron chi connectivity index (χ4n) is 1.45. The molecule has 84 valence electrons. The third-order valence-corrected chi connectivity index (χ3v) is 4.74. The van der Waals surface area contributed by atoms with Crippen molar-refractivity contribution >= 4 is 50.5 Å². The SMILES string of the molecule is Cc1ccc(C(Cl)c2cc(Br)ccc2Cl)s1. The first-order valence-electron chi connectivity index (χ1n) is 4.73. The molecular formula is C12H9BrCl2S. The molecule has 0 saturated heterocycles. The van der Waals surface area contributed by atoms with Crippen LogP contribution in [0.2, 0.25) is 5.02 Å². The minimum Gasteiger partial charge on any atom is -0.144 e. The van der Waals surface area contributed by atoms with Crippen molar-refractivity contribution in [1.82, 2.24) is 0 Å². The highest BCUT2D eigenvalue weighted by atomic mass is 79.9. The minimum absolute atomic E-state index is 0.177. The summed E-state index contributed by atoms with van der Waals surface area (Å²) < 4.78 is 0.992. The zero-order chi connectivity index (χ0) is 11.7. The van der Waals surface area contributed by atoms with Gasteiger partial charge < -0.3 is 0 Å². The van der Waals surface area contributed by atoms with Crippen LogP contribution in [0, 0.1) is 6.92 Å². The molecule has 0 aliphatic heterocycles. The maximum Gasteiger partial charge on any atom is 0.0942 e. The Hall–Kier alpha value is -0.0200. The fourth-order valence-corrected chi connectivity index (χ4v) is 3.37. The molecule has 0 saturated carbocycles. The van der Waals surface area contributed by atoms with Crippen molar-refractivity contribution in [3.8, 4) is 0 Å². The van der Waals surface area contributed by atoms with Crippen LogP contribution in [0.4, 0.5) is 0 Å². The topological polar surface area (TPSA) is 0 Å². The number of halogens is 3. The zero-order valence-corrected chi connectivity index (χ0v) is 12.4. The van der Waals surface area contributed by atoms with Crippen LogP contribution in [0.1, 0.15) is 20.7 Å². The van der Waals surface area contributed by atoms with Gasteiger partial charge in [0.25, 0.3) is 0 Å². The van der Waals surface area contributed by atoms with Crippen LogP contribution in [0.25, 0.3) is 0 Å². The molecule has 0 aliphatic carbocycles. The molecule has 1 unspecified atom stereocenters. The molecule has 0 amide bonds. The maximum absolute atomic E-state index is 6.43. The first-order chi connectivity index (χ1) is 7.58. The average molecular weight is 336 g/mol. The first-order valence-corrected chi connectivity index (χ1v) is 7.15. The molecule has 0 fully saturated rings. The van der Waals surface area contributed by atoms with E-state index in [1.165, 1.54) is 4.88 Å². The van der Waals surface area contributed by atoms with Crippen LogP contribution in [0.3, 0.4) is 0 Å². The predicted molar refractivity (Wildman–Crippen MR) is 75.9 cm³/mol. The van der Waals surface area contributed by atoms with Gasteiger partial charge in [-0.2, -0.15) is 0 Å². The summed E-state index contributed by atoms with van der Waals surface area (Å²) in [4.78, 5) is 2.38. The minimum atomic E-state index is -0.177. The van der Waals surface area contributed by atoms with E-state index in [-0.39, 0.29) is 5.38 Å². The zero-order valence-electron chi connectivity index (χ0n) is 8.51. The third kappa shape index (κ3) is 2.62. The Morgan fingerprint density at radius 2 is 2.00 bits per heavy atom. The summed E-state index contributed by atoms with van der Waals surface area (Å²) in [6.07, 6.45) is 0. The van der Waals surface area contributed by atoms with Gasteiger partial charge >= 0.3 is 0 Å². The van der Waals surface area contributed by atoms with Crippen molar-refractivity contribution in [2.45, 2.75) is 12.3 Å². The number of benzene rings is 1. The van der Waals surface area contributed by atoms with Crippen molar-refractivity contribution in [3.63, 3.8) is 0 Å². The van der Waals surface area contributed by atoms with E-state index < -0.39 is 0 Å². The molecular weight excluding hydrogens is 327 g/mol. The van der Waals surface area contributed by atoms with E-state index in [1.807, 2.05) is 18.2 Å². The summed E-state index contributed by atoms with van der Waals surface area (Å²) >= 11 is 17.7. The molecule has 0 aliphatic rings. The molecule has 1 aromatic heterocycles. The second-order valence-corrected chi connectivity index (χ2v) is 6.56. The molecule has 4 heteroatoms. The van der Waals surface area contributed by atoms with Gasteiger partial charge in [0.2, 0.25) is 0 Å². The molecule has 0 spiro atoms. The van der Waals surface area contributed by atoms with E-state index in [4.69, 9.17) is 23.2 Å². The van der Waals surface area contributed by atoms with E-state index in [0.717, 1.165) is 14.9 Å². The highest BCUT2D eigenvalue weighted by Gasteiger charge is 2.16. The highest BCUT2D eigenvalue weighted by Crippen LogP contribution is 2.38. The Morgan fingerprint density at radius 3 is 2.62 bits per heavy atom. The average Bonchev–Trinajstić information content (AvgIpc) is 2.67. The number of aryl methyl sites for hydroxylation is 1. The summed E-state index contributed by atoms with van der Waals surface area (Å²) in [5, 5.41) is 0.526. The number of hydrogen-bond acceptors (Lipinski definition) is 1. The van der Waals surface area contributed by atoms with Crippen LogP contribution < -0.4 is 0 Å². The molecule has 2 rings (SSSR count). The van der Waals surface area contributed by atoms with Gasteiger partial charge in [-0.25, -0.2) is 0 Å². The molecule has 0 N–H and O–H groups in total. The lowest BCUT2D eigenvalue weighted by molar-refractivity contribution is 1.18. The molecule has 1 atom stereocenters. The van der Waals surface area contributed by atoms with Crippen molar-refractivity contribution in [2.75, 3.05) is 0 Å². The number of alkyl halides is 1. The van der Waals surface area contributed by atoms with Gasteiger partial charge in [0.15, 0.2) is 0 Å². The third-order valence-electron chi connectivity index (χ3n) is 2.24. The van der Waals surface area contributed by atoms with Gasteiger partial charge in [-0.15, -0.1) is 22.9 Å². The second-order valence-electron chi connectivity index (χ2n) is 3.48. The summed E-state index contributed by atoms with van der Waals surface area (Å²) in [5.74, 6) is 0. The van der Waals surface area contributed by atoms with Crippen molar-refractivity contribution in [1.29, 1.82) is 0 Å².